The number of nitrogens with zero attached hydrogens (tertiary/aromatic N) is 1. The molecule has 1 aliphatic rings. The van der Waals surface area contributed by atoms with Crippen LogP contribution < -0.4 is 25.4 Å². The van der Waals surface area contributed by atoms with Gasteiger partial charge in [-0.2, -0.15) is 5.10 Å². The molecular formula is C26H30FN5O5. The minimum Gasteiger partial charge on any atom is -0.493 e. The van der Waals surface area contributed by atoms with Crippen LogP contribution in [-0.2, 0) is 16.0 Å². The molecule has 2 amide bonds. The molecule has 0 saturated heterocycles. The van der Waals surface area contributed by atoms with Crippen LogP contribution in [0.3, 0.4) is 0 Å². The van der Waals surface area contributed by atoms with Crippen LogP contribution in [0.5, 0.6) is 11.5 Å². The van der Waals surface area contributed by atoms with E-state index < -0.39 is 6.09 Å². The minimum atomic E-state index is -0.509. The fraction of sp³-hybridized carbons (Fsp3) is 0.346. The number of amides is 2. The van der Waals surface area contributed by atoms with Gasteiger partial charge in [-0.1, -0.05) is 6.07 Å². The average molecular weight is 512 g/mol. The fourth-order valence-electron chi connectivity index (χ4n) is 4.09. The number of fused-ring (bicyclic) bond motifs is 3. The first-order valence-electron chi connectivity index (χ1n) is 12.0. The van der Waals surface area contributed by atoms with E-state index in [1.54, 1.807) is 19.2 Å². The van der Waals surface area contributed by atoms with Gasteiger partial charge in [0, 0.05) is 42.7 Å². The predicted octanol–water partition coefficient (Wildman–Crippen LogP) is 3.89. The highest BCUT2D eigenvalue weighted by atomic mass is 19.1. The van der Waals surface area contributed by atoms with Crippen LogP contribution in [0, 0.1) is 5.82 Å². The van der Waals surface area contributed by atoms with Gasteiger partial charge in [-0.25, -0.2) is 9.18 Å². The Hall–Kier alpha value is -4.28. The summed E-state index contributed by atoms with van der Waals surface area (Å²) < 4.78 is 29.6. The van der Waals surface area contributed by atoms with E-state index in [0.717, 1.165) is 22.4 Å². The van der Waals surface area contributed by atoms with Crippen molar-refractivity contribution in [3.63, 3.8) is 0 Å². The van der Waals surface area contributed by atoms with Crippen LogP contribution in [-0.4, -0.2) is 56.1 Å². The maximum Gasteiger partial charge on any atom is 0.406 e. The molecule has 196 valence electrons. The predicted molar refractivity (Wildman–Crippen MR) is 136 cm³/mol. The summed E-state index contributed by atoms with van der Waals surface area (Å²) in [6, 6.07) is 10.1. The first-order valence-corrected chi connectivity index (χ1v) is 12.0. The number of aromatic nitrogens is 2. The van der Waals surface area contributed by atoms with Gasteiger partial charge in [-0.3, -0.25) is 9.89 Å². The van der Waals surface area contributed by atoms with E-state index in [1.165, 1.54) is 19.2 Å². The zero-order chi connectivity index (χ0) is 26.2. The molecule has 0 atom stereocenters. The summed E-state index contributed by atoms with van der Waals surface area (Å²) in [5.74, 6) is 1.47. The van der Waals surface area contributed by atoms with Crippen molar-refractivity contribution in [2.24, 2.45) is 0 Å². The zero-order valence-electron chi connectivity index (χ0n) is 20.8. The Kier molecular flexibility index (Phi) is 8.44. The molecule has 0 fully saturated rings. The Morgan fingerprint density at radius 2 is 1.92 bits per heavy atom. The SMILES string of the molecule is COC(=O)NCCCC(=O)NCCCOc1cc2c(cc1OC)-c1[nH]nc(Nc3cccc(F)c3)c1C2. The minimum absolute atomic E-state index is 0.0841. The molecule has 1 heterocycles. The molecule has 1 aliphatic carbocycles. The number of methoxy groups -OCH3 is 2. The monoisotopic (exact) mass is 511 g/mol. The number of ether oxygens (including phenoxy) is 3. The Balaban J connectivity index is 1.28. The van der Waals surface area contributed by atoms with Crippen molar-refractivity contribution in [3.8, 4) is 22.8 Å². The molecule has 0 spiro atoms. The van der Waals surface area contributed by atoms with Gasteiger partial charge in [-0.15, -0.1) is 0 Å². The third-order valence-electron chi connectivity index (χ3n) is 5.92. The van der Waals surface area contributed by atoms with Crippen molar-refractivity contribution in [1.82, 2.24) is 20.8 Å². The molecule has 0 radical (unpaired) electrons. The van der Waals surface area contributed by atoms with Crippen molar-refractivity contribution < 1.29 is 28.2 Å². The van der Waals surface area contributed by atoms with Crippen LogP contribution >= 0.6 is 0 Å². The first kappa shape index (κ1) is 25.8. The number of benzene rings is 2. The highest BCUT2D eigenvalue weighted by Gasteiger charge is 2.27. The van der Waals surface area contributed by atoms with Gasteiger partial charge in [0.25, 0.3) is 0 Å². The van der Waals surface area contributed by atoms with Gasteiger partial charge in [0.2, 0.25) is 5.91 Å². The molecule has 1 aromatic heterocycles. The number of halogens is 1. The quantitative estimate of drug-likeness (QED) is 0.213. The van der Waals surface area contributed by atoms with Gasteiger partial charge in [0.05, 0.1) is 26.5 Å². The molecule has 3 aromatic rings. The summed E-state index contributed by atoms with van der Waals surface area (Å²) in [5, 5.41) is 16.0. The number of anilines is 2. The van der Waals surface area contributed by atoms with Crippen molar-refractivity contribution in [2.45, 2.75) is 25.7 Å². The smallest absolute Gasteiger partial charge is 0.406 e. The largest absolute Gasteiger partial charge is 0.493 e. The molecule has 10 nitrogen and oxygen atoms in total. The summed E-state index contributed by atoms with van der Waals surface area (Å²) in [4.78, 5) is 22.9. The molecule has 0 bridgehead atoms. The highest BCUT2D eigenvalue weighted by molar-refractivity contribution is 5.81. The number of aromatic amines is 1. The van der Waals surface area contributed by atoms with E-state index in [-0.39, 0.29) is 11.7 Å². The number of hydrogen-bond donors (Lipinski definition) is 4. The highest BCUT2D eigenvalue weighted by Crippen LogP contribution is 2.44. The van der Waals surface area contributed by atoms with Gasteiger partial charge >= 0.3 is 6.09 Å². The van der Waals surface area contributed by atoms with E-state index in [9.17, 15) is 14.0 Å². The van der Waals surface area contributed by atoms with Gasteiger partial charge in [0.1, 0.15) is 5.82 Å². The molecule has 0 unspecified atom stereocenters. The number of rotatable bonds is 12. The van der Waals surface area contributed by atoms with E-state index in [4.69, 9.17) is 9.47 Å². The third kappa shape index (κ3) is 6.49. The molecule has 11 heteroatoms. The van der Waals surface area contributed by atoms with Gasteiger partial charge < -0.3 is 30.2 Å². The Bertz CT molecular complexity index is 1260. The van der Waals surface area contributed by atoms with E-state index in [2.05, 4.69) is 30.9 Å². The fourth-order valence-corrected chi connectivity index (χ4v) is 4.09. The molecule has 4 N–H and O–H groups in total. The lowest BCUT2D eigenvalue weighted by molar-refractivity contribution is -0.121. The van der Waals surface area contributed by atoms with Crippen LogP contribution in [0.2, 0.25) is 0 Å². The standard InChI is InChI=1S/C26H30FN5O5/c1-35-21-15-19-16(12-20-24(19)31-32-25(20)30-18-7-3-6-17(27)14-18)13-22(21)37-11-5-10-28-23(33)8-4-9-29-26(34)36-2/h3,6-7,13-15H,4-5,8-12H2,1-2H3,(H,28,33)(H,29,34)(H2,30,31,32). The van der Waals surface area contributed by atoms with E-state index in [1.807, 2.05) is 12.1 Å². The number of carbonyl (C=O) groups is 2. The number of hydrogen-bond acceptors (Lipinski definition) is 7. The van der Waals surface area contributed by atoms with Crippen molar-refractivity contribution in [2.75, 3.05) is 39.2 Å². The molecule has 37 heavy (non-hydrogen) atoms. The normalized spacial score (nSPS) is 11.3. The molecular weight excluding hydrogens is 481 g/mol. The zero-order valence-corrected chi connectivity index (χ0v) is 20.8. The number of carbonyl (C=O) groups excluding carboxylic acids is 2. The van der Waals surface area contributed by atoms with Crippen LogP contribution in [0.4, 0.5) is 20.7 Å². The van der Waals surface area contributed by atoms with E-state index in [0.29, 0.717) is 68.4 Å². The second-order valence-electron chi connectivity index (χ2n) is 8.47. The number of nitrogens with one attached hydrogen (secondary N) is 4. The van der Waals surface area contributed by atoms with Crippen molar-refractivity contribution in [3.05, 3.63) is 53.3 Å². The number of alkyl carbamates (subject to hydrolysis) is 1. The first-order chi connectivity index (χ1) is 18.0. The van der Waals surface area contributed by atoms with Crippen LogP contribution in [0.25, 0.3) is 11.3 Å². The average Bonchev–Trinajstić information content (AvgIpc) is 3.44. The maximum absolute atomic E-state index is 13.6. The van der Waals surface area contributed by atoms with Crippen LogP contribution in [0.1, 0.15) is 30.4 Å². The Labute approximate surface area is 213 Å². The second-order valence-corrected chi connectivity index (χ2v) is 8.47. The van der Waals surface area contributed by atoms with Crippen molar-refractivity contribution in [1.29, 1.82) is 0 Å². The summed E-state index contributed by atoms with van der Waals surface area (Å²) in [6.45, 7) is 1.25. The summed E-state index contributed by atoms with van der Waals surface area (Å²) in [5.41, 5.74) is 4.55. The lowest BCUT2D eigenvalue weighted by Gasteiger charge is -2.13. The van der Waals surface area contributed by atoms with Crippen molar-refractivity contribution >= 4 is 23.5 Å². The summed E-state index contributed by atoms with van der Waals surface area (Å²) in [6.07, 6.45) is 1.59. The Morgan fingerprint density at radius 3 is 2.70 bits per heavy atom. The summed E-state index contributed by atoms with van der Waals surface area (Å²) >= 11 is 0. The van der Waals surface area contributed by atoms with Gasteiger partial charge in [-0.05, 0) is 48.7 Å². The van der Waals surface area contributed by atoms with Gasteiger partial charge in [0.15, 0.2) is 17.3 Å². The molecule has 2 aromatic carbocycles. The second kappa shape index (κ2) is 12.1. The molecule has 4 rings (SSSR count). The van der Waals surface area contributed by atoms with Crippen LogP contribution in [0.15, 0.2) is 36.4 Å². The summed E-state index contributed by atoms with van der Waals surface area (Å²) in [7, 11) is 2.88. The number of H-pyrrole nitrogens is 1. The lowest BCUT2D eigenvalue weighted by Crippen LogP contribution is -2.28. The third-order valence-corrected chi connectivity index (χ3v) is 5.92. The molecule has 0 saturated carbocycles. The maximum atomic E-state index is 13.6. The lowest BCUT2D eigenvalue weighted by atomic mass is 10.1. The molecule has 0 aliphatic heterocycles. The topological polar surface area (TPSA) is 127 Å². The Morgan fingerprint density at radius 1 is 1.08 bits per heavy atom. The van der Waals surface area contributed by atoms with E-state index >= 15 is 0 Å².